The van der Waals surface area contributed by atoms with Crippen molar-refractivity contribution >= 4 is 11.0 Å². The maximum atomic E-state index is 5.08. The standard InChI is InChI=1S/C14H21N3O/c1-15-10-12-11-17(8-3-4-9-18-2)14-13(12)6-5-7-16-14/h5-7,11,15H,3-4,8-10H2,1-2H3. The minimum absolute atomic E-state index is 0.829. The first-order valence-electron chi connectivity index (χ1n) is 6.43. The molecule has 98 valence electrons. The van der Waals surface area contributed by atoms with Crippen molar-refractivity contribution in [2.45, 2.75) is 25.9 Å². The van der Waals surface area contributed by atoms with Crippen LogP contribution < -0.4 is 5.32 Å². The summed E-state index contributed by atoms with van der Waals surface area (Å²) in [6.07, 6.45) is 6.27. The zero-order chi connectivity index (χ0) is 12.8. The molecule has 18 heavy (non-hydrogen) atoms. The van der Waals surface area contributed by atoms with Crippen LogP contribution in [0.1, 0.15) is 18.4 Å². The van der Waals surface area contributed by atoms with E-state index in [0.717, 1.165) is 38.2 Å². The van der Waals surface area contributed by atoms with Crippen LogP contribution in [0.3, 0.4) is 0 Å². The van der Waals surface area contributed by atoms with Crippen LogP contribution in [0, 0.1) is 0 Å². The van der Waals surface area contributed by atoms with E-state index in [1.165, 1.54) is 10.9 Å². The molecule has 2 aromatic rings. The van der Waals surface area contributed by atoms with Crippen molar-refractivity contribution in [1.29, 1.82) is 0 Å². The van der Waals surface area contributed by atoms with Crippen molar-refractivity contribution in [2.75, 3.05) is 20.8 Å². The molecule has 0 saturated carbocycles. The van der Waals surface area contributed by atoms with Crippen molar-refractivity contribution in [3.8, 4) is 0 Å². The molecule has 0 atom stereocenters. The predicted molar refractivity (Wildman–Crippen MR) is 73.6 cm³/mol. The summed E-state index contributed by atoms with van der Waals surface area (Å²) in [5.74, 6) is 0. The molecule has 0 aliphatic rings. The molecule has 0 spiro atoms. The smallest absolute Gasteiger partial charge is 0.140 e. The van der Waals surface area contributed by atoms with E-state index in [0.29, 0.717) is 0 Å². The van der Waals surface area contributed by atoms with Gasteiger partial charge in [0.2, 0.25) is 0 Å². The van der Waals surface area contributed by atoms with Gasteiger partial charge >= 0.3 is 0 Å². The highest BCUT2D eigenvalue weighted by Gasteiger charge is 2.07. The van der Waals surface area contributed by atoms with E-state index >= 15 is 0 Å². The normalized spacial score (nSPS) is 11.2. The van der Waals surface area contributed by atoms with Gasteiger partial charge in [-0.25, -0.2) is 4.98 Å². The molecule has 2 rings (SSSR count). The van der Waals surface area contributed by atoms with Crippen LogP contribution in [0.25, 0.3) is 11.0 Å². The first-order valence-corrected chi connectivity index (χ1v) is 6.43. The van der Waals surface area contributed by atoms with E-state index < -0.39 is 0 Å². The second-order valence-corrected chi connectivity index (χ2v) is 4.45. The Bertz CT molecular complexity index is 493. The lowest BCUT2D eigenvalue weighted by molar-refractivity contribution is 0.191. The highest BCUT2D eigenvalue weighted by atomic mass is 16.5. The molecule has 4 heteroatoms. The largest absolute Gasteiger partial charge is 0.385 e. The zero-order valence-corrected chi connectivity index (χ0v) is 11.1. The van der Waals surface area contributed by atoms with Crippen molar-refractivity contribution in [2.24, 2.45) is 0 Å². The molecule has 0 amide bonds. The summed E-state index contributed by atoms with van der Waals surface area (Å²) >= 11 is 0. The van der Waals surface area contributed by atoms with Crippen LogP contribution in [0.5, 0.6) is 0 Å². The number of rotatable bonds is 7. The lowest BCUT2D eigenvalue weighted by Gasteiger charge is -2.03. The summed E-state index contributed by atoms with van der Waals surface area (Å²) in [6, 6.07) is 4.14. The first kappa shape index (κ1) is 13.1. The van der Waals surface area contributed by atoms with Gasteiger partial charge in [0.15, 0.2) is 0 Å². The predicted octanol–water partition coefficient (Wildman–Crippen LogP) is 2.18. The van der Waals surface area contributed by atoms with Gasteiger partial charge in [-0.15, -0.1) is 0 Å². The summed E-state index contributed by atoms with van der Waals surface area (Å²) < 4.78 is 7.32. The van der Waals surface area contributed by atoms with Crippen LogP contribution >= 0.6 is 0 Å². The summed E-state index contributed by atoms with van der Waals surface area (Å²) in [7, 11) is 3.72. The minimum atomic E-state index is 0.829. The monoisotopic (exact) mass is 247 g/mol. The Balaban J connectivity index is 2.16. The summed E-state index contributed by atoms with van der Waals surface area (Å²) in [4.78, 5) is 4.49. The Morgan fingerprint density at radius 3 is 3.06 bits per heavy atom. The third-order valence-electron chi connectivity index (χ3n) is 3.08. The Kier molecular flexibility index (Phi) is 4.73. The highest BCUT2D eigenvalue weighted by Crippen LogP contribution is 2.19. The van der Waals surface area contributed by atoms with Crippen LogP contribution in [0.2, 0.25) is 0 Å². The number of hydrogen-bond acceptors (Lipinski definition) is 3. The number of methoxy groups -OCH3 is 1. The summed E-state index contributed by atoms with van der Waals surface area (Å²) in [5.41, 5.74) is 2.40. The fourth-order valence-corrected chi connectivity index (χ4v) is 2.23. The maximum absolute atomic E-state index is 5.08. The fourth-order valence-electron chi connectivity index (χ4n) is 2.23. The number of fused-ring (bicyclic) bond motifs is 1. The number of aromatic nitrogens is 2. The molecule has 4 nitrogen and oxygen atoms in total. The maximum Gasteiger partial charge on any atom is 0.140 e. The average molecular weight is 247 g/mol. The molecule has 2 aromatic heterocycles. The van der Waals surface area contributed by atoms with Gasteiger partial charge in [-0.05, 0) is 37.6 Å². The van der Waals surface area contributed by atoms with Gasteiger partial charge < -0.3 is 14.6 Å². The van der Waals surface area contributed by atoms with Crippen LogP contribution in [-0.4, -0.2) is 30.3 Å². The van der Waals surface area contributed by atoms with E-state index in [9.17, 15) is 0 Å². The molecule has 0 aromatic carbocycles. The highest BCUT2D eigenvalue weighted by molar-refractivity contribution is 5.80. The SMILES string of the molecule is CNCc1cn(CCCCOC)c2ncccc12. The topological polar surface area (TPSA) is 39.1 Å². The van der Waals surface area contributed by atoms with E-state index in [-0.39, 0.29) is 0 Å². The van der Waals surface area contributed by atoms with Crippen molar-refractivity contribution in [1.82, 2.24) is 14.9 Å². The van der Waals surface area contributed by atoms with Gasteiger partial charge in [0.1, 0.15) is 5.65 Å². The van der Waals surface area contributed by atoms with Gasteiger partial charge in [0.05, 0.1) is 0 Å². The Morgan fingerprint density at radius 1 is 1.39 bits per heavy atom. The lowest BCUT2D eigenvalue weighted by Crippen LogP contribution is -2.04. The average Bonchev–Trinajstić information content (AvgIpc) is 2.74. The Labute approximate surface area is 108 Å². The van der Waals surface area contributed by atoms with Crippen molar-refractivity contribution in [3.05, 3.63) is 30.1 Å². The van der Waals surface area contributed by atoms with E-state index in [4.69, 9.17) is 4.74 Å². The summed E-state index contributed by atoms with van der Waals surface area (Å²) in [5, 5.41) is 4.45. The minimum Gasteiger partial charge on any atom is -0.385 e. The van der Waals surface area contributed by atoms with Gasteiger partial charge in [-0.2, -0.15) is 0 Å². The lowest BCUT2D eigenvalue weighted by atomic mass is 10.2. The van der Waals surface area contributed by atoms with Gasteiger partial charge in [-0.3, -0.25) is 0 Å². The molecule has 1 N–H and O–H groups in total. The van der Waals surface area contributed by atoms with Crippen LogP contribution in [-0.2, 0) is 17.8 Å². The molecular formula is C14H21N3O. The third kappa shape index (κ3) is 2.89. The molecule has 0 unspecified atom stereocenters. The number of nitrogens with one attached hydrogen (secondary N) is 1. The van der Waals surface area contributed by atoms with Crippen LogP contribution in [0.4, 0.5) is 0 Å². The number of hydrogen-bond donors (Lipinski definition) is 1. The number of nitrogens with zero attached hydrogens (tertiary/aromatic N) is 2. The fraction of sp³-hybridized carbons (Fsp3) is 0.500. The van der Waals surface area contributed by atoms with Crippen molar-refractivity contribution in [3.63, 3.8) is 0 Å². The molecule has 0 aliphatic carbocycles. The number of pyridine rings is 1. The van der Waals surface area contributed by atoms with Crippen LogP contribution in [0.15, 0.2) is 24.5 Å². The molecule has 0 fully saturated rings. The van der Waals surface area contributed by atoms with E-state index in [2.05, 4.69) is 27.1 Å². The Morgan fingerprint density at radius 2 is 2.28 bits per heavy atom. The second kappa shape index (κ2) is 6.52. The number of unbranched alkanes of at least 4 members (excludes halogenated alkanes) is 1. The van der Waals surface area contributed by atoms with Crippen molar-refractivity contribution < 1.29 is 4.74 Å². The third-order valence-corrected chi connectivity index (χ3v) is 3.08. The van der Waals surface area contributed by atoms with Gasteiger partial charge in [-0.1, -0.05) is 0 Å². The first-order chi connectivity index (χ1) is 8.86. The molecule has 0 saturated heterocycles. The molecule has 0 bridgehead atoms. The van der Waals surface area contributed by atoms with Gasteiger partial charge in [0.25, 0.3) is 0 Å². The number of aryl methyl sites for hydroxylation is 1. The summed E-state index contributed by atoms with van der Waals surface area (Å²) in [6.45, 7) is 2.71. The Hall–Kier alpha value is -1.39. The van der Waals surface area contributed by atoms with E-state index in [1.807, 2.05) is 19.3 Å². The second-order valence-electron chi connectivity index (χ2n) is 4.45. The van der Waals surface area contributed by atoms with E-state index in [1.54, 1.807) is 7.11 Å². The van der Waals surface area contributed by atoms with Gasteiger partial charge in [0, 0.05) is 44.6 Å². The molecule has 0 aliphatic heterocycles. The molecular weight excluding hydrogens is 226 g/mol. The molecule has 0 radical (unpaired) electrons. The number of ether oxygens (including phenoxy) is 1. The zero-order valence-electron chi connectivity index (χ0n) is 11.1. The quantitative estimate of drug-likeness (QED) is 0.762. The molecule has 2 heterocycles.